The molecule has 0 radical (unpaired) electrons. The summed E-state index contributed by atoms with van der Waals surface area (Å²) in [4.78, 5) is 3.63. The van der Waals surface area contributed by atoms with Crippen LogP contribution in [0.5, 0.6) is 0 Å². The Hall–Kier alpha value is -3.42. The Morgan fingerprint density at radius 2 is 1.65 bits per heavy atom. The quantitative estimate of drug-likeness (QED) is 0.137. The molecule has 0 spiro atoms. The molecule has 0 aliphatic heterocycles. The fourth-order valence-corrected chi connectivity index (χ4v) is 7.44. The van der Waals surface area contributed by atoms with E-state index in [1.54, 1.807) is 0 Å². The SMILES string of the molecule is [C-]#[N+]c1ccc2c(c1)oc1c(-c3cc(C4CCCC4)c4ccc([Si](C)(C)C)cc4[n+]3C)c(C)c(C)cc12. The van der Waals surface area contributed by atoms with Crippen LogP contribution in [0.2, 0.25) is 19.6 Å². The first-order valence-corrected chi connectivity index (χ1v) is 17.0. The Labute approximate surface area is 220 Å². The van der Waals surface area contributed by atoms with Crippen LogP contribution in [0.1, 0.15) is 48.3 Å². The Morgan fingerprint density at radius 1 is 0.919 bits per heavy atom. The van der Waals surface area contributed by atoms with E-state index in [1.165, 1.54) is 69.7 Å². The van der Waals surface area contributed by atoms with Gasteiger partial charge in [-0.15, -0.1) is 0 Å². The zero-order chi connectivity index (χ0) is 26.1. The summed E-state index contributed by atoms with van der Waals surface area (Å²) in [7, 11) is 0.750. The van der Waals surface area contributed by atoms with Gasteiger partial charge >= 0.3 is 0 Å². The highest BCUT2D eigenvalue weighted by Crippen LogP contribution is 2.42. The lowest BCUT2D eigenvalue weighted by Crippen LogP contribution is -2.40. The second-order valence-corrected chi connectivity index (χ2v) is 17.0. The van der Waals surface area contributed by atoms with E-state index in [2.05, 4.69) is 80.3 Å². The predicted molar refractivity (Wildman–Crippen MR) is 158 cm³/mol. The minimum absolute atomic E-state index is 0.609. The molecule has 0 N–H and O–H groups in total. The van der Waals surface area contributed by atoms with Crippen molar-refractivity contribution < 1.29 is 8.98 Å². The molecule has 1 fully saturated rings. The van der Waals surface area contributed by atoms with E-state index in [1.807, 2.05) is 18.2 Å². The summed E-state index contributed by atoms with van der Waals surface area (Å²) in [6.07, 6.45) is 5.17. The summed E-state index contributed by atoms with van der Waals surface area (Å²) in [5, 5.41) is 5.09. The van der Waals surface area contributed by atoms with Crippen molar-refractivity contribution in [2.24, 2.45) is 7.05 Å². The molecule has 1 aliphatic rings. The molecule has 3 aromatic carbocycles. The first-order chi connectivity index (χ1) is 17.7. The molecule has 6 rings (SSSR count). The number of rotatable bonds is 3. The zero-order valence-corrected chi connectivity index (χ0v) is 23.8. The lowest BCUT2D eigenvalue weighted by atomic mass is 9.90. The van der Waals surface area contributed by atoms with Gasteiger partial charge in [0.1, 0.15) is 18.2 Å². The van der Waals surface area contributed by atoms with Crippen LogP contribution >= 0.6 is 0 Å². The summed E-state index contributed by atoms with van der Waals surface area (Å²) < 4.78 is 8.98. The van der Waals surface area contributed by atoms with E-state index in [-0.39, 0.29) is 0 Å². The number of furan rings is 1. The van der Waals surface area contributed by atoms with Gasteiger partial charge in [-0.3, -0.25) is 0 Å². The lowest BCUT2D eigenvalue weighted by molar-refractivity contribution is -0.633. The van der Waals surface area contributed by atoms with Gasteiger partial charge in [0, 0.05) is 28.3 Å². The van der Waals surface area contributed by atoms with Gasteiger partial charge in [-0.2, -0.15) is 4.57 Å². The van der Waals surface area contributed by atoms with Crippen molar-refractivity contribution in [2.75, 3.05) is 0 Å². The van der Waals surface area contributed by atoms with Gasteiger partial charge in [0.25, 0.3) is 0 Å². The maximum absolute atomic E-state index is 7.45. The number of pyridine rings is 1. The molecule has 1 aliphatic carbocycles. The lowest BCUT2D eigenvalue weighted by Gasteiger charge is -2.19. The second-order valence-electron chi connectivity index (χ2n) is 12.0. The highest BCUT2D eigenvalue weighted by Gasteiger charge is 2.29. The van der Waals surface area contributed by atoms with Gasteiger partial charge in [-0.25, -0.2) is 4.85 Å². The second kappa shape index (κ2) is 8.57. The van der Waals surface area contributed by atoms with Crippen molar-refractivity contribution in [1.82, 2.24) is 0 Å². The zero-order valence-electron chi connectivity index (χ0n) is 22.8. The Morgan fingerprint density at radius 3 is 2.35 bits per heavy atom. The summed E-state index contributed by atoms with van der Waals surface area (Å²) in [6, 6.07) is 17.8. The van der Waals surface area contributed by atoms with Gasteiger partial charge in [0.05, 0.1) is 20.2 Å². The largest absolute Gasteiger partial charge is 0.456 e. The first-order valence-electron chi connectivity index (χ1n) is 13.5. The van der Waals surface area contributed by atoms with Crippen molar-refractivity contribution in [3.8, 4) is 11.3 Å². The highest BCUT2D eigenvalue weighted by atomic mass is 28.3. The number of hydrogen-bond donors (Lipinski definition) is 0. The van der Waals surface area contributed by atoms with Crippen molar-refractivity contribution in [3.05, 3.63) is 76.6 Å². The van der Waals surface area contributed by atoms with E-state index in [4.69, 9.17) is 11.0 Å². The minimum atomic E-state index is -1.47. The van der Waals surface area contributed by atoms with Crippen molar-refractivity contribution in [3.63, 3.8) is 0 Å². The maximum atomic E-state index is 7.45. The average molecular weight is 504 g/mol. The fraction of sp³-hybridized carbons (Fsp3) is 0.333. The van der Waals surface area contributed by atoms with E-state index >= 15 is 0 Å². The van der Waals surface area contributed by atoms with Gasteiger partial charge < -0.3 is 4.42 Å². The molecule has 2 aromatic heterocycles. The van der Waals surface area contributed by atoms with Crippen LogP contribution in [0.3, 0.4) is 0 Å². The third kappa shape index (κ3) is 3.80. The van der Waals surface area contributed by atoms with E-state index in [9.17, 15) is 0 Å². The van der Waals surface area contributed by atoms with Gasteiger partial charge in [0.2, 0.25) is 11.2 Å². The van der Waals surface area contributed by atoms with Crippen LogP contribution in [0.4, 0.5) is 5.69 Å². The molecule has 0 saturated heterocycles. The number of benzene rings is 3. The van der Waals surface area contributed by atoms with Crippen LogP contribution < -0.4 is 9.75 Å². The molecule has 1 saturated carbocycles. The number of hydrogen-bond acceptors (Lipinski definition) is 1. The molecular weight excluding hydrogens is 468 g/mol. The third-order valence-electron chi connectivity index (χ3n) is 8.64. The molecule has 3 nitrogen and oxygen atoms in total. The van der Waals surface area contributed by atoms with Crippen LogP contribution in [0.25, 0.3) is 48.9 Å². The van der Waals surface area contributed by atoms with E-state index in [0.29, 0.717) is 11.6 Å². The van der Waals surface area contributed by atoms with Gasteiger partial charge in [0.15, 0.2) is 5.69 Å². The van der Waals surface area contributed by atoms with Crippen molar-refractivity contribution in [1.29, 1.82) is 0 Å². The van der Waals surface area contributed by atoms with Gasteiger partial charge in [-0.1, -0.05) is 55.9 Å². The molecule has 186 valence electrons. The number of fused-ring (bicyclic) bond motifs is 4. The first kappa shape index (κ1) is 23.9. The maximum Gasteiger partial charge on any atom is 0.217 e. The molecule has 4 heteroatoms. The molecule has 0 bridgehead atoms. The Kier molecular flexibility index (Phi) is 5.54. The average Bonchev–Trinajstić information content (AvgIpc) is 3.53. The third-order valence-corrected chi connectivity index (χ3v) is 10.7. The Bertz CT molecular complexity index is 1760. The summed E-state index contributed by atoms with van der Waals surface area (Å²) in [5.74, 6) is 0.609. The highest BCUT2D eigenvalue weighted by molar-refractivity contribution is 6.88. The van der Waals surface area contributed by atoms with Crippen LogP contribution in [0, 0.1) is 20.4 Å². The summed E-state index contributed by atoms with van der Waals surface area (Å²) in [6.45, 7) is 19.2. The molecular formula is C33H35N2OSi+. The van der Waals surface area contributed by atoms with Gasteiger partial charge in [-0.05, 0) is 67.5 Å². The monoisotopic (exact) mass is 503 g/mol. The molecule has 0 amide bonds. The molecule has 0 unspecified atom stereocenters. The molecule has 5 aromatic rings. The van der Waals surface area contributed by atoms with E-state index in [0.717, 1.165) is 21.9 Å². The molecule has 37 heavy (non-hydrogen) atoms. The van der Waals surface area contributed by atoms with E-state index < -0.39 is 8.07 Å². The molecule has 0 atom stereocenters. The topological polar surface area (TPSA) is 21.4 Å². The standard InChI is InChI=1S/C33H35N2OSi/c1-20-16-28-26-14-12-23(34-3)17-31(26)36-33(28)32(21(20)2)30-19-27(22-10-8-9-11-22)25-15-13-24(37(5,6)7)18-29(25)35(30)4/h12-19,22H,8-11H2,1-2,4-7H3/q+1. The van der Waals surface area contributed by atoms with Crippen LogP contribution in [-0.4, -0.2) is 8.07 Å². The number of nitrogens with zero attached hydrogens (tertiary/aromatic N) is 2. The minimum Gasteiger partial charge on any atom is -0.456 e. The van der Waals surface area contributed by atoms with Crippen molar-refractivity contribution in [2.45, 2.75) is 65.1 Å². The van der Waals surface area contributed by atoms with Crippen LogP contribution in [0.15, 0.2) is 52.9 Å². The fourth-order valence-electron chi connectivity index (χ4n) is 6.29. The predicted octanol–water partition coefficient (Wildman–Crippen LogP) is 8.60. The van der Waals surface area contributed by atoms with Crippen molar-refractivity contribution >= 4 is 51.8 Å². The number of aryl methyl sites for hydroxylation is 2. The smallest absolute Gasteiger partial charge is 0.217 e. The summed E-state index contributed by atoms with van der Waals surface area (Å²) >= 11 is 0. The molecule has 2 heterocycles. The van der Waals surface area contributed by atoms with Crippen LogP contribution in [-0.2, 0) is 7.05 Å². The normalized spacial score (nSPS) is 14.7. The number of aromatic nitrogens is 1. The summed E-state index contributed by atoms with van der Waals surface area (Å²) in [5.41, 5.74) is 10.0. The Balaban J connectivity index is 1.73.